The van der Waals surface area contributed by atoms with Crippen molar-refractivity contribution < 1.29 is 0 Å². The molecule has 2 aromatic rings. The van der Waals surface area contributed by atoms with E-state index in [9.17, 15) is 0 Å². The van der Waals surface area contributed by atoms with E-state index in [2.05, 4.69) is 41.8 Å². The number of nitrogens with zero attached hydrogens (tertiary/aromatic N) is 2. The van der Waals surface area contributed by atoms with Gasteiger partial charge in [0.2, 0.25) is 0 Å². The molecule has 0 aliphatic heterocycles. The van der Waals surface area contributed by atoms with Gasteiger partial charge in [-0.05, 0) is 37.9 Å². The molecule has 0 atom stereocenters. The SMILES string of the molecule is ClCc1cnc(-c2ncc(Br)cc2Br)s1. The summed E-state index contributed by atoms with van der Waals surface area (Å²) in [6, 6.07) is 1.95. The summed E-state index contributed by atoms with van der Waals surface area (Å²) in [5.41, 5.74) is 0.847. The number of rotatable bonds is 2. The number of thiazole rings is 1. The Kier molecular flexibility index (Phi) is 3.77. The molecule has 0 fully saturated rings. The lowest BCUT2D eigenvalue weighted by molar-refractivity contribution is 1.26. The average Bonchev–Trinajstić information content (AvgIpc) is 2.66. The lowest BCUT2D eigenvalue weighted by Crippen LogP contribution is -1.83. The van der Waals surface area contributed by atoms with Gasteiger partial charge < -0.3 is 0 Å². The average molecular weight is 368 g/mol. The molecule has 0 aliphatic carbocycles. The van der Waals surface area contributed by atoms with Gasteiger partial charge in [-0.25, -0.2) is 4.98 Å². The molecule has 0 saturated heterocycles. The summed E-state index contributed by atoms with van der Waals surface area (Å²) in [5, 5.41) is 0.880. The molecule has 0 aromatic carbocycles. The van der Waals surface area contributed by atoms with Gasteiger partial charge in [0.15, 0.2) is 0 Å². The van der Waals surface area contributed by atoms with E-state index in [1.54, 1.807) is 23.7 Å². The fraction of sp³-hybridized carbons (Fsp3) is 0.111. The fourth-order valence-corrected chi connectivity index (χ4v) is 3.36. The smallest absolute Gasteiger partial charge is 0.143 e. The van der Waals surface area contributed by atoms with Crippen molar-refractivity contribution in [2.75, 3.05) is 0 Å². The first-order valence-electron chi connectivity index (χ1n) is 4.03. The Morgan fingerprint density at radius 3 is 2.67 bits per heavy atom. The molecule has 0 spiro atoms. The molecule has 2 aromatic heterocycles. The molecule has 0 bridgehead atoms. The Labute approximate surface area is 113 Å². The molecular weight excluding hydrogens is 363 g/mol. The van der Waals surface area contributed by atoms with Crippen molar-refractivity contribution in [3.63, 3.8) is 0 Å². The predicted octanol–water partition coefficient (Wildman–Crippen LogP) is 4.47. The van der Waals surface area contributed by atoms with Gasteiger partial charge in [-0.2, -0.15) is 0 Å². The molecule has 2 rings (SSSR count). The minimum Gasteiger partial charge on any atom is -0.251 e. The van der Waals surface area contributed by atoms with Gasteiger partial charge in [0, 0.05) is 26.2 Å². The summed E-state index contributed by atoms with van der Waals surface area (Å²) in [4.78, 5) is 9.63. The van der Waals surface area contributed by atoms with E-state index in [4.69, 9.17) is 11.6 Å². The summed E-state index contributed by atoms with van der Waals surface area (Å²) < 4.78 is 1.86. The van der Waals surface area contributed by atoms with Crippen molar-refractivity contribution in [2.45, 2.75) is 5.88 Å². The normalized spacial score (nSPS) is 10.6. The summed E-state index contributed by atoms with van der Waals surface area (Å²) >= 11 is 14.1. The van der Waals surface area contributed by atoms with E-state index in [1.807, 2.05) is 6.07 Å². The molecule has 6 heteroatoms. The summed E-state index contributed by atoms with van der Waals surface area (Å²) in [7, 11) is 0. The highest BCUT2D eigenvalue weighted by atomic mass is 79.9. The number of aromatic nitrogens is 2. The molecule has 15 heavy (non-hydrogen) atoms. The maximum Gasteiger partial charge on any atom is 0.143 e. The van der Waals surface area contributed by atoms with Crippen molar-refractivity contribution in [3.8, 4) is 10.7 Å². The Balaban J connectivity index is 2.44. The van der Waals surface area contributed by atoms with Crippen molar-refractivity contribution in [1.29, 1.82) is 0 Å². The van der Waals surface area contributed by atoms with Crippen LogP contribution in [0.1, 0.15) is 4.88 Å². The first kappa shape index (κ1) is 11.5. The van der Waals surface area contributed by atoms with Crippen LogP contribution < -0.4 is 0 Å². The lowest BCUT2D eigenvalue weighted by atomic mass is 10.4. The number of hydrogen-bond donors (Lipinski definition) is 0. The zero-order valence-corrected chi connectivity index (χ0v) is 12.1. The summed E-state index contributed by atoms with van der Waals surface area (Å²) in [6.07, 6.45) is 3.53. The van der Waals surface area contributed by atoms with Crippen LogP contribution in [0.5, 0.6) is 0 Å². The maximum absolute atomic E-state index is 5.72. The van der Waals surface area contributed by atoms with Crippen LogP contribution in [0.4, 0.5) is 0 Å². The standard InChI is InChI=1S/C9H5Br2ClN2S/c10-5-1-7(11)8(13-3-5)9-14-4-6(2-12)15-9/h1,3-4H,2H2. The van der Waals surface area contributed by atoms with Crippen LogP contribution in [0, 0.1) is 0 Å². The molecule has 0 radical (unpaired) electrons. The second kappa shape index (κ2) is 4.91. The third-order valence-corrected chi connectivity index (χ3v) is 4.18. The zero-order valence-electron chi connectivity index (χ0n) is 7.38. The summed E-state index contributed by atoms with van der Waals surface area (Å²) in [6.45, 7) is 0. The maximum atomic E-state index is 5.72. The molecule has 2 nitrogen and oxygen atoms in total. The number of alkyl halides is 1. The molecule has 0 saturated carbocycles. The Morgan fingerprint density at radius 2 is 2.07 bits per heavy atom. The Morgan fingerprint density at radius 1 is 1.27 bits per heavy atom. The molecular formula is C9H5Br2ClN2S. The van der Waals surface area contributed by atoms with Gasteiger partial charge >= 0.3 is 0 Å². The molecule has 2 heterocycles. The van der Waals surface area contributed by atoms with Crippen molar-refractivity contribution in [1.82, 2.24) is 9.97 Å². The predicted molar refractivity (Wildman–Crippen MR) is 70.3 cm³/mol. The van der Waals surface area contributed by atoms with Crippen molar-refractivity contribution in [3.05, 3.63) is 32.3 Å². The van der Waals surface area contributed by atoms with Crippen LogP contribution in [0.25, 0.3) is 10.7 Å². The van der Waals surface area contributed by atoms with Crippen LogP contribution in [0.15, 0.2) is 27.4 Å². The second-order valence-corrected chi connectivity index (χ2v) is 5.90. The highest BCUT2D eigenvalue weighted by Crippen LogP contribution is 2.31. The van der Waals surface area contributed by atoms with Crippen LogP contribution in [-0.4, -0.2) is 9.97 Å². The number of hydrogen-bond acceptors (Lipinski definition) is 3. The Hall–Kier alpha value is 0.0300. The van der Waals surface area contributed by atoms with Gasteiger partial charge in [0.05, 0.1) is 5.88 Å². The monoisotopic (exact) mass is 366 g/mol. The number of halogens is 3. The van der Waals surface area contributed by atoms with E-state index in [1.165, 1.54) is 0 Å². The van der Waals surface area contributed by atoms with Crippen LogP contribution >= 0.6 is 54.8 Å². The topological polar surface area (TPSA) is 25.8 Å². The molecule has 78 valence electrons. The molecule has 0 N–H and O–H groups in total. The van der Waals surface area contributed by atoms with Gasteiger partial charge in [0.1, 0.15) is 10.7 Å². The second-order valence-electron chi connectivity index (χ2n) is 2.75. The Bertz CT molecular complexity index is 487. The number of pyridine rings is 1. The van der Waals surface area contributed by atoms with Gasteiger partial charge in [-0.3, -0.25) is 4.98 Å². The fourth-order valence-electron chi connectivity index (χ4n) is 1.05. The molecule has 0 amide bonds. The van der Waals surface area contributed by atoms with Crippen molar-refractivity contribution in [2.24, 2.45) is 0 Å². The van der Waals surface area contributed by atoms with Gasteiger partial charge in [-0.15, -0.1) is 22.9 Å². The van der Waals surface area contributed by atoms with Gasteiger partial charge in [-0.1, -0.05) is 0 Å². The van der Waals surface area contributed by atoms with E-state index >= 15 is 0 Å². The zero-order chi connectivity index (χ0) is 10.8. The minimum absolute atomic E-state index is 0.492. The van der Waals surface area contributed by atoms with E-state index in [0.29, 0.717) is 5.88 Å². The third kappa shape index (κ3) is 2.58. The molecule has 0 unspecified atom stereocenters. The van der Waals surface area contributed by atoms with Crippen LogP contribution in [0.2, 0.25) is 0 Å². The van der Waals surface area contributed by atoms with Crippen LogP contribution in [-0.2, 0) is 5.88 Å². The quantitative estimate of drug-likeness (QED) is 0.731. The lowest BCUT2D eigenvalue weighted by Gasteiger charge is -1.99. The largest absolute Gasteiger partial charge is 0.251 e. The van der Waals surface area contributed by atoms with Crippen molar-refractivity contribution >= 4 is 54.8 Å². The first-order chi connectivity index (χ1) is 7.20. The highest BCUT2D eigenvalue weighted by molar-refractivity contribution is 9.11. The van der Waals surface area contributed by atoms with E-state index in [-0.39, 0.29) is 0 Å². The summed E-state index contributed by atoms with van der Waals surface area (Å²) in [5.74, 6) is 0.492. The van der Waals surface area contributed by atoms with Gasteiger partial charge in [0.25, 0.3) is 0 Å². The van der Waals surface area contributed by atoms with E-state index < -0.39 is 0 Å². The van der Waals surface area contributed by atoms with Crippen LogP contribution in [0.3, 0.4) is 0 Å². The molecule has 0 aliphatic rings. The van der Waals surface area contributed by atoms with E-state index in [0.717, 1.165) is 24.5 Å². The highest BCUT2D eigenvalue weighted by Gasteiger charge is 2.09. The first-order valence-corrected chi connectivity index (χ1v) is 6.96. The third-order valence-electron chi connectivity index (χ3n) is 1.70. The minimum atomic E-state index is 0.492.